The highest BCUT2D eigenvalue weighted by Crippen LogP contribution is 2.28. The summed E-state index contributed by atoms with van der Waals surface area (Å²) < 4.78 is 0. The van der Waals surface area contributed by atoms with E-state index in [2.05, 4.69) is 11.8 Å². The van der Waals surface area contributed by atoms with Crippen LogP contribution in [0.4, 0.5) is 5.69 Å². The fourth-order valence-corrected chi connectivity index (χ4v) is 2.71. The van der Waals surface area contributed by atoms with Crippen LogP contribution in [0, 0.1) is 5.92 Å². The Balaban J connectivity index is 2.23. The van der Waals surface area contributed by atoms with Crippen LogP contribution in [-0.4, -0.2) is 19.4 Å². The van der Waals surface area contributed by atoms with Crippen LogP contribution < -0.4 is 4.90 Å². The molecule has 0 amide bonds. The smallest absolute Gasteiger partial charge is 0.152 e. The van der Waals surface area contributed by atoms with Crippen molar-refractivity contribution < 1.29 is 4.79 Å². The minimum atomic E-state index is 0.625. The van der Waals surface area contributed by atoms with E-state index in [9.17, 15) is 4.79 Å². The van der Waals surface area contributed by atoms with E-state index in [1.54, 1.807) is 6.07 Å². The molecule has 1 aliphatic rings. The van der Waals surface area contributed by atoms with E-state index in [0.717, 1.165) is 31.0 Å². The number of hydrogen-bond acceptors (Lipinski definition) is 2. The van der Waals surface area contributed by atoms with Crippen molar-refractivity contribution in [3.8, 4) is 0 Å². The van der Waals surface area contributed by atoms with Crippen molar-refractivity contribution in [2.24, 2.45) is 5.92 Å². The average Bonchev–Trinajstić information content (AvgIpc) is 2.38. The van der Waals surface area contributed by atoms with Gasteiger partial charge in [0, 0.05) is 29.4 Å². The topological polar surface area (TPSA) is 20.3 Å². The van der Waals surface area contributed by atoms with Crippen molar-refractivity contribution in [1.29, 1.82) is 0 Å². The highest BCUT2D eigenvalue weighted by Gasteiger charge is 2.20. The Kier molecular flexibility index (Phi) is 4.06. The summed E-state index contributed by atoms with van der Waals surface area (Å²) in [4.78, 5) is 13.4. The first-order valence-electron chi connectivity index (χ1n) is 6.24. The third kappa shape index (κ3) is 2.81. The second-order valence-electron chi connectivity index (χ2n) is 4.68. The molecule has 0 radical (unpaired) electrons. The lowest BCUT2D eigenvalue weighted by Gasteiger charge is -2.34. The number of anilines is 1. The molecule has 1 aromatic rings. The zero-order valence-corrected chi connectivity index (χ0v) is 10.9. The number of hydrogen-bond donors (Lipinski definition) is 0. The van der Waals surface area contributed by atoms with E-state index < -0.39 is 0 Å². The van der Waals surface area contributed by atoms with Gasteiger partial charge in [-0.25, -0.2) is 0 Å². The summed E-state index contributed by atoms with van der Waals surface area (Å²) in [5.74, 6) is 0.749. The third-order valence-electron chi connectivity index (χ3n) is 3.55. The molecule has 1 atom stereocenters. The van der Waals surface area contributed by atoms with Crippen LogP contribution in [0.25, 0.3) is 0 Å². The Labute approximate surface area is 108 Å². The van der Waals surface area contributed by atoms with Gasteiger partial charge in [-0.1, -0.05) is 24.9 Å². The average molecular weight is 252 g/mol. The van der Waals surface area contributed by atoms with E-state index in [0.29, 0.717) is 10.6 Å². The van der Waals surface area contributed by atoms with E-state index in [1.807, 2.05) is 12.1 Å². The minimum absolute atomic E-state index is 0.625. The molecule has 0 aliphatic carbocycles. The maximum atomic E-state index is 11.1. The number of piperidine rings is 1. The summed E-state index contributed by atoms with van der Waals surface area (Å²) in [5, 5.41) is 0.625. The zero-order chi connectivity index (χ0) is 12.3. The van der Waals surface area contributed by atoms with Crippen LogP contribution >= 0.6 is 11.6 Å². The molecule has 0 aromatic heterocycles. The first-order valence-corrected chi connectivity index (χ1v) is 6.62. The lowest BCUT2D eigenvalue weighted by molar-refractivity contribution is 0.112. The molecule has 1 unspecified atom stereocenters. The summed E-state index contributed by atoms with van der Waals surface area (Å²) in [6.45, 7) is 4.33. The molecule has 0 bridgehead atoms. The minimum Gasteiger partial charge on any atom is -0.371 e. The second kappa shape index (κ2) is 5.54. The third-order valence-corrected chi connectivity index (χ3v) is 3.79. The Morgan fingerprint density at radius 2 is 2.35 bits per heavy atom. The van der Waals surface area contributed by atoms with Crippen LogP contribution in [0.1, 0.15) is 36.5 Å². The van der Waals surface area contributed by atoms with Crippen molar-refractivity contribution in [2.45, 2.75) is 26.2 Å². The predicted octanol–water partition coefficient (Wildman–Crippen LogP) is 3.78. The van der Waals surface area contributed by atoms with E-state index in [-0.39, 0.29) is 0 Å². The predicted molar refractivity (Wildman–Crippen MR) is 72.1 cm³/mol. The first-order chi connectivity index (χ1) is 8.24. The maximum Gasteiger partial charge on any atom is 0.152 e. The van der Waals surface area contributed by atoms with Gasteiger partial charge in [-0.15, -0.1) is 0 Å². The first kappa shape index (κ1) is 12.4. The Morgan fingerprint density at radius 1 is 1.53 bits per heavy atom. The van der Waals surface area contributed by atoms with Gasteiger partial charge in [-0.3, -0.25) is 4.79 Å². The summed E-state index contributed by atoms with van der Waals surface area (Å²) >= 11 is 5.91. The molecular formula is C14H18ClNO. The number of aldehydes is 1. The lowest BCUT2D eigenvalue weighted by atomic mass is 9.95. The molecule has 2 nitrogen and oxygen atoms in total. The standard InChI is InChI=1S/C14H18ClNO/c1-2-11-4-3-7-16(9-11)14-6-5-13(15)8-12(14)10-17/h5-6,8,10-11H,2-4,7,9H2,1H3. The summed E-state index contributed by atoms with van der Waals surface area (Å²) in [6.07, 6.45) is 4.62. The zero-order valence-electron chi connectivity index (χ0n) is 10.2. The number of benzene rings is 1. The van der Waals surface area contributed by atoms with Crippen molar-refractivity contribution in [3.05, 3.63) is 28.8 Å². The van der Waals surface area contributed by atoms with Gasteiger partial charge in [0.25, 0.3) is 0 Å². The molecule has 3 heteroatoms. The van der Waals surface area contributed by atoms with Gasteiger partial charge in [0.1, 0.15) is 0 Å². The van der Waals surface area contributed by atoms with E-state index >= 15 is 0 Å². The van der Waals surface area contributed by atoms with E-state index in [4.69, 9.17) is 11.6 Å². The molecule has 0 N–H and O–H groups in total. The number of carbonyl (C=O) groups excluding carboxylic acids is 1. The van der Waals surface area contributed by atoms with Crippen molar-refractivity contribution in [3.63, 3.8) is 0 Å². The lowest BCUT2D eigenvalue weighted by Crippen LogP contribution is -2.35. The molecule has 1 heterocycles. The van der Waals surface area contributed by atoms with E-state index in [1.165, 1.54) is 19.3 Å². The summed E-state index contributed by atoms with van der Waals surface area (Å²) in [6, 6.07) is 5.57. The fraction of sp³-hybridized carbons (Fsp3) is 0.500. The molecule has 0 spiro atoms. The molecule has 1 aromatic carbocycles. The van der Waals surface area contributed by atoms with Gasteiger partial charge in [0.2, 0.25) is 0 Å². The largest absolute Gasteiger partial charge is 0.371 e. The molecule has 1 aliphatic heterocycles. The molecule has 17 heavy (non-hydrogen) atoms. The maximum absolute atomic E-state index is 11.1. The number of halogens is 1. The molecule has 1 saturated heterocycles. The number of nitrogens with zero attached hydrogens (tertiary/aromatic N) is 1. The number of carbonyl (C=O) groups is 1. The van der Waals surface area contributed by atoms with Crippen molar-refractivity contribution in [2.75, 3.05) is 18.0 Å². The van der Waals surface area contributed by atoms with Gasteiger partial charge in [0.15, 0.2) is 6.29 Å². The van der Waals surface area contributed by atoms with Gasteiger partial charge >= 0.3 is 0 Å². The normalized spacial score (nSPS) is 20.4. The van der Waals surface area contributed by atoms with Crippen molar-refractivity contribution >= 4 is 23.6 Å². The highest BCUT2D eigenvalue weighted by molar-refractivity contribution is 6.31. The Bertz CT molecular complexity index is 405. The van der Waals surface area contributed by atoms with Gasteiger partial charge in [0.05, 0.1) is 0 Å². The summed E-state index contributed by atoms with van der Waals surface area (Å²) in [5.41, 5.74) is 1.73. The highest BCUT2D eigenvalue weighted by atomic mass is 35.5. The van der Waals surface area contributed by atoms with Crippen LogP contribution in [-0.2, 0) is 0 Å². The fourth-order valence-electron chi connectivity index (χ4n) is 2.52. The molecule has 0 saturated carbocycles. The molecule has 2 rings (SSSR count). The van der Waals surface area contributed by atoms with Gasteiger partial charge < -0.3 is 4.90 Å². The van der Waals surface area contributed by atoms with Crippen LogP contribution in [0.15, 0.2) is 18.2 Å². The Morgan fingerprint density at radius 3 is 3.06 bits per heavy atom. The molecular weight excluding hydrogens is 234 g/mol. The summed E-state index contributed by atoms with van der Waals surface area (Å²) in [7, 11) is 0. The second-order valence-corrected chi connectivity index (χ2v) is 5.12. The van der Waals surface area contributed by atoms with Gasteiger partial charge in [-0.2, -0.15) is 0 Å². The van der Waals surface area contributed by atoms with Crippen molar-refractivity contribution in [1.82, 2.24) is 0 Å². The van der Waals surface area contributed by atoms with Gasteiger partial charge in [-0.05, 0) is 37.0 Å². The van der Waals surface area contributed by atoms with Crippen LogP contribution in [0.3, 0.4) is 0 Å². The van der Waals surface area contributed by atoms with Crippen LogP contribution in [0.5, 0.6) is 0 Å². The molecule has 1 fully saturated rings. The quantitative estimate of drug-likeness (QED) is 0.762. The molecule has 92 valence electrons. The Hall–Kier alpha value is -1.02. The monoisotopic (exact) mass is 251 g/mol. The number of rotatable bonds is 3. The SMILES string of the molecule is CCC1CCCN(c2ccc(Cl)cc2C=O)C1. The van der Waals surface area contributed by atoms with Crippen LogP contribution in [0.2, 0.25) is 5.02 Å².